The third-order valence-electron chi connectivity index (χ3n) is 5.27. The molecule has 0 radical (unpaired) electrons. The summed E-state index contributed by atoms with van der Waals surface area (Å²) in [6.07, 6.45) is 5.32. The van der Waals surface area contributed by atoms with Gasteiger partial charge in [-0.05, 0) is 43.9 Å². The maximum Gasteiger partial charge on any atom is 0.337 e. The van der Waals surface area contributed by atoms with Gasteiger partial charge >= 0.3 is 18.0 Å². The van der Waals surface area contributed by atoms with Gasteiger partial charge in [0.1, 0.15) is 6.61 Å². The van der Waals surface area contributed by atoms with Crippen LogP contribution in [0.2, 0.25) is 0 Å². The van der Waals surface area contributed by atoms with Gasteiger partial charge < -0.3 is 20.1 Å². The number of hydrogen-bond acceptors (Lipinski definition) is 5. The van der Waals surface area contributed by atoms with Gasteiger partial charge in [0.15, 0.2) is 0 Å². The Bertz CT molecular complexity index is 571. The Morgan fingerprint density at radius 2 is 2.04 bits per heavy atom. The Morgan fingerprint density at radius 3 is 2.71 bits per heavy atom. The van der Waals surface area contributed by atoms with E-state index >= 15 is 0 Å². The van der Waals surface area contributed by atoms with Crippen LogP contribution >= 0.6 is 0 Å². The number of nitrogens with one attached hydrogen (secondary N) is 2. The maximum absolute atomic E-state index is 12.1. The van der Waals surface area contributed by atoms with E-state index in [1.54, 1.807) is 6.92 Å². The number of esters is 2. The van der Waals surface area contributed by atoms with E-state index in [9.17, 15) is 14.4 Å². The highest BCUT2D eigenvalue weighted by atomic mass is 16.5. The summed E-state index contributed by atoms with van der Waals surface area (Å²) < 4.78 is 10.3. The molecule has 2 aliphatic carbocycles. The van der Waals surface area contributed by atoms with E-state index in [0.29, 0.717) is 29.5 Å². The highest BCUT2D eigenvalue weighted by Gasteiger charge is 2.40. The van der Waals surface area contributed by atoms with Crippen molar-refractivity contribution in [1.29, 1.82) is 0 Å². The highest BCUT2D eigenvalue weighted by Crippen LogP contribution is 2.49. The van der Waals surface area contributed by atoms with Crippen molar-refractivity contribution in [2.24, 2.45) is 17.8 Å². The molecule has 0 aromatic rings. The summed E-state index contributed by atoms with van der Waals surface area (Å²) in [6.45, 7) is 1.92. The fraction of sp³-hybridized carbons (Fsp3) is 0.706. The van der Waals surface area contributed by atoms with Crippen molar-refractivity contribution in [3.8, 4) is 0 Å². The lowest BCUT2D eigenvalue weighted by molar-refractivity contribution is -0.145. The molecule has 3 aliphatic rings. The maximum atomic E-state index is 12.1. The number of urea groups is 1. The molecule has 2 saturated carbocycles. The number of ether oxygens (including phenoxy) is 2. The molecule has 24 heavy (non-hydrogen) atoms. The van der Waals surface area contributed by atoms with Crippen molar-refractivity contribution in [2.45, 2.75) is 39.0 Å². The predicted octanol–water partition coefficient (Wildman–Crippen LogP) is 1.49. The molecule has 132 valence electrons. The minimum absolute atomic E-state index is 0.0733. The van der Waals surface area contributed by atoms with E-state index in [-0.39, 0.29) is 25.7 Å². The van der Waals surface area contributed by atoms with Crippen molar-refractivity contribution in [3.63, 3.8) is 0 Å². The lowest BCUT2D eigenvalue weighted by Crippen LogP contribution is -2.45. The summed E-state index contributed by atoms with van der Waals surface area (Å²) in [6, 6.07) is -0.415. The van der Waals surface area contributed by atoms with Crippen LogP contribution in [0.15, 0.2) is 11.3 Å². The standard InChI is InChI=1S/C17H24N2O5/c1-2-23-16(21)13-8-18-17(22)19-14(13)9-24-15(20)7-12-6-10-3-4-11(12)5-10/h10-12H,2-9H2,1H3,(H2,18,19,22). The average Bonchev–Trinajstić information content (AvgIpc) is 3.16. The Labute approximate surface area is 141 Å². The van der Waals surface area contributed by atoms with E-state index in [1.165, 1.54) is 19.3 Å². The monoisotopic (exact) mass is 336 g/mol. The molecule has 2 fully saturated rings. The van der Waals surface area contributed by atoms with Gasteiger partial charge in [0, 0.05) is 6.42 Å². The first-order chi connectivity index (χ1) is 11.6. The molecule has 1 aliphatic heterocycles. The molecule has 2 amide bonds. The van der Waals surface area contributed by atoms with E-state index in [1.807, 2.05) is 0 Å². The molecule has 0 spiro atoms. The molecule has 2 bridgehead atoms. The van der Waals surface area contributed by atoms with Crippen LogP contribution in [-0.4, -0.2) is 37.7 Å². The molecule has 0 aromatic carbocycles. The van der Waals surface area contributed by atoms with Crippen LogP contribution in [0.4, 0.5) is 4.79 Å². The lowest BCUT2D eigenvalue weighted by atomic mass is 9.86. The molecule has 1 heterocycles. The highest BCUT2D eigenvalue weighted by molar-refractivity contribution is 5.93. The number of rotatable bonds is 6. The number of fused-ring (bicyclic) bond motifs is 2. The average molecular weight is 336 g/mol. The second-order valence-electron chi connectivity index (χ2n) is 6.79. The minimum atomic E-state index is -0.510. The van der Waals surface area contributed by atoms with Gasteiger partial charge in [-0.3, -0.25) is 4.79 Å². The van der Waals surface area contributed by atoms with E-state index < -0.39 is 12.0 Å². The molecule has 2 N–H and O–H groups in total. The molecule has 3 unspecified atom stereocenters. The SMILES string of the molecule is CCOC(=O)C1=C(COC(=O)CC2CC3CCC2C3)NC(=O)NC1. The number of carbonyl (C=O) groups excluding carboxylic acids is 3. The zero-order valence-electron chi connectivity index (χ0n) is 13.9. The van der Waals surface area contributed by atoms with Crippen LogP contribution in [0.5, 0.6) is 0 Å². The molecule has 0 aromatic heterocycles. The number of amides is 2. The van der Waals surface area contributed by atoms with Crippen LogP contribution in [0.25, 0.3) is 0 Å². The molecule has 3 rings (SSSR count). The first-order valence-electron chi connectivity index (χ1n) is 8.66. The second-order valence-corrected chi connectivity index (χ2v) is 6.79. The molecule has 7 nitrogen and oxygen atoms in total. The quantitative estimate of drug-likeness (QED) is 0.717. The van der Waals surface area contributed by atoms with Gasteiger partial charge in [0.2, 0.25) is 0 Å². The third kappa shape index (κ3) is 3.71. The summed E-state index contributed by atoms with van der Waals surface area (Å²) in [7, 11) is 0. The smallest absolute Gasteiger partial charge is 0.337 e. The van der Waals surface area contributed by atoms with Crippen LogP contribution in [-0.2, 0) is 19.1 Å². The Kier molecular flexibility index (Phi) is 5.06. The summed E-state index contributed by atoms with van der Waals surface area (Å²) in [5.74, 6) is 1.10. The van der Waals surface area contributed by atoms with Crippen molar-refractivity contribution in [2.75, 3.05) is 19.8 Å². The Morgan fingerprint density at radius 1 is 1.21 bits per heavy atom. The van der Waals surface area contributed by atoms with E-state index in [4.69, 9.17) is 9.47 Å². The van der Waals surface area contributed by atoms with Gasteiger partial charge in [-0.15, -0.1) is 0 Å². The first kappa shape index (κ1) is 16.8. The van der Waals surface area contributed by atoms with Gasteiger partial charge in [-0.1, -0.05) is 6.42 Å². The first-order valence-corrected chi connectivity index (χ1v) is 8.66. The van der Waals surface area contributed by atoms with Crippen molar-refractivity contribution >= 4 is 18.0 Å². The summed E-state index contributed by atoms with van der Waals surface area (Å²) in [5.41, 5.74) is 0.600. The van der Waals surface area contributed by atoms with Crippen molar-refractivity contribution in [3.05, 3.63) is 11.3 Å². The van der Waals surface area contributed by atoms with Crippen LogP contribution < -0.4 is 10.6 Å². The minimum Gasteiger partial charge on any atom is -0.463 e. The predicted molar refractivity (Wildman–Crippen MR) is 84.7 cm³/mol. The largest absolute Gasteiger partial charge is 0.463 e. The summed E-state index contributed by atoms with van der Waals surface area (Å²) >= 11 is 0. The van der Waals surface area contributed by atoms with E-state index in [0.717, 1.165) is 12.3 Å². The van der Waals surface area contributed by atoms with Crippen LogP contribution in [0, 0.1) is 17.8 Å². The van der Waals surface area contributed by atoms with Crippen LogP contribution in [0.3, 0.4) is 0 Å². The van der Waals surface area contributed by atoms with Crippen molar-refractivity contribution < 1.29 is 23.9 Å². The van der Waals surface area contributed by atoms with Crippen molar-refractivity contribution in [1.82, 2.24) is 10.6 Å². The van der Waals surface area contributed by atoms with Gasteiger partial charge in [0.05, 0.1) is 24.4 Å². The molecular weight excluding hydrogens is 312 g/mol. The Hall–Kier alpha value is -2.05. The second kappa shape index (κ2) is 7.23. The number of carbonyl (C=O) groups is 3. The molecule has 3 atom stereocenters. The van der Waals surface area contributed by atoms with Gasteiger partial charge in [0.25, 0.3) is 0 Å². The lowest BCUT2D eigenvalue weighted by Gasteiger charge is -2.22. The van der Waals surface area contributed by atoms with E-state index in [2.05, 4.69) is 10.6 Å². The van der Waals surface area contributed by atoms with Gasteiger partial charge in [-0.2, -0.15) is 0 Å². The fourth-order valence-corrected chi connectivity index (χ4v) is 4.12. The third-order valence-corrected chi connectivity index (χ3v) is 5.27. The zero-order chi connectivity index (χ0) is 17.1. The number of hydrogen-bond donors (Lipinski definition) is 2. The topological polar surface area (TPSA) is 93.7 Å². The summed E-state index contributed by atoms with van der Waals surface area (Å²) in [5, 5.41) is 5.05. The normalized spacial score (nSPS) is 28.4. The van der Waals surface area contributed by atoms with Gasteiger partial charge in [-0.25, -0.2) is 9.59 Å². The fourth-order valence-electron chi connectivity index (χ4n) is 4.12. The molecule has 7 heteroatoms. The molecular formula is C17H24N2O5. The summed E-state index contributed by atoms with van der Waals surface area (Å²) in [4.78, 5) is 35.5. The Balaban J connectivity index is 1.55. The molecule has 0 saturated heterocycles. The van der Waals surface area contributed by atoms with Crippen LogP contribution in [0.1, 0.15) is 39.0 Å². The zero-order valence-corrected chi connectivity index (χ0v) is 13.9.